The van der Waals surface area contributed by atoms with E-state index in [1.165, 1.54) is 12.1 Å². The zero-order valence-corrected chi connectivity index (χ0v) is 18.4. The van der Waals surface area contributed by atoms with Crippen LogP contribution >= 0.6 is 11.6 Å². The summed E-state index contributed by atoms with van der Waals surface area (Å²) in [6, 6.07) is 13.5. The third-order valence-corrected chi connectivity index (χ3v) is 5.69. The number of hydrogen-bond donors (Lipinski definition) is 0. The second-order valence-corrected chi connectivity index (χ2v) is 8.05. The molecule has 0 saturated carbocycles. The highest BCUT2D eigenvalue weighted by molar-refractivity contribution is 6.31. The van der Waals surface area contributed by atoms with Crippen molar-refractivity contribution in [1.29, 1.82) is 0 Å². The van der Waals surface area contributed by atoms with Crippen molar-refractivity contribution in [2.75, 3.05) is 11.4 Å². The summed E-state index contributed by atoms with van der Waals surface area (Å²) in [6.07, 6.45) is -10.9. The SMILES string of the molecule is CCc1cc(Oc2cccc(N3C[C@@H](C(F)(F)F)Oc4ccc(C(F)(F)F)cc43)c2)ccc1Cl. The number of alkyl halides is 6. The van der Waals surface area contributed by atoms with Crippen molar-refractivity contribution in [2.24, 2.45) is 0 Å². The third-order valence-electron chi connectivity index (χ3n) is 5.32. The maximum atomic E-state index is 13.5. The van der Waals surface area contributed by atoms with Crippen molar-refractivity contribution in [1.82, 2.24) is 0 Å². The molecular weight excluding hydrogens is 484 g/mol. The molecule has 10 heteroatoms. The lowest BCUT2D eigenvalue weighted by atomic mass is 10.1. The molecule has 1 aliphatic heterocycles. The van der Waals surface area contributed by atoms with E-state index in [9.17, 15) is 26.3 Å². The van der Waals surface area contributed by atoms with Gasteiger partial charge in [-0.25, -0.2) is 0 Å². The summed E-state index contributed by atoms with van der Waals surface area (Å²) >= 11 is 6.12. The van der Waals surface area contributed by atoms with Gasteiger partial charge in [0.15, 0.2) is 0 Å². The normalized spacial score (nSPS) is 16.1. The van der Waals surface area contributed by atoms with Crippen LogP contribution in [0.3, 0.4) is 0 Å². The van der Waals surface area contributed by atoms with E-state index in [1.807, 2.05) is 6.92 Å². The van der Waals surface area contributed by atoms with Crippen LogP contribution in [0.15, 0.2) is 60.7 Å². The predicted molar refractivity (Wildman–Crippen MR) is 116 cm³/mol. The van der Waals surface area contributed by atoms with Gasteiger partial charge in [-0.05, 0) is 60.5 Å². The molecule has 0 N–H and O–H groups in total. The largest absolute Gasteiger partial charge is 0.477 e. The Labute approximate surface area is 196 Å². The molecule has 0 aromatic heterocycles. The number of anilines is 2. The van der Waals surface area contributed by atoms with Gasteiger partial charge in [0.25, 0.3) is 0 Å². The van der Waals surface area contributed by atoms with Gasteiger partial charge in [0, 0.05) is 16.8 Å². The predicted octanol–water partition coefficient (Wildman–Crippen LogP) is 8.17. The second kappa shape index (κ2) is 8.94. The highest BCUT2D eigenvalue weighted by Gasteiger charge is 2.46. The molecule has 0 amide bonds. The summed E-state index contributed by atoms with van der Waals surface area (Å²) in [5.74, 6) is 0.469. The average molecular weight is 502 g/mol. The van der Waals surface area contributed by atoms with Crippen molar-refractivity contribution in [3.8, 4) is 17.2 Å². The van der Waals surface area contributed by atoms with Crippen LogP contribution in [0.5, 0.6) is 17.2 Å². The number of rotatable bonds is 4. The molecule has 0 unspecified atom stereocenters. The van der Waals surface area contributed by atoms with Crippen LogP contribution in [-0.4, -0.2) is 18.8 Å². The Morgan fingerprint density at radius 1 is 0.971 bits per heavy atom. The van der Waals surface area contributed by atoms with E-state index in [-0.39, 0.29) is 17.1 Å². The Morgan fingerprint density at radius 2 is 1.71 bits per heavy atom. The van der Waals surface area contributed by atoms with E-state index in [4.69, 9.17) is 21.1 Å². The fourth-order valence-electron chi connectivity index (χ4n) is 3.61. The van der Waals surface area contributed by atoms with Gasteiger partial charge < -0.3 is 14.4 Å². The van der Waals surface area contributed by atoms with Crippen LogP contribution < -0.4 is 14.4 Å². The maximum absolute atomic E-state index is 13.5. The van der Waals surface area contributed by atoms with Crippen molar-refractivity contribution in [2.45, 2.75) is 31.8 Å². The van der Waals surface area contributed by atoms with Crippen LogP contribution in [0.4, 0.5) is 37.7 Å². The van der Waals surface area contributed by atoms with E-state index < -0.39 is 30.6 Å². The Kier molecular flexibility index (Phi) is 6.33. The van der Waals surface area contributed by atoms with Crippen molar-refractivity contribution >= 4 is 23.0 Å². The molecule has 0 saturated heterocycles. The van der Waals surface area contributed by atoms with Gasteiger partial charge in [-0.15, -0.1) is 0 Å². The molecule has 3 nitrogen and oxygen atoms in total. The zero-order valence-electron chi connectivity index (χ0n) is 17.7. The van der Waals surface area contributed by atoms with Crippen molar-refractivity contribution in [3.05, 3.63) is 76.8 Å². The minimum absolute atomic E-state index is 0.118. The smallest absolute Gasteiger partial charge is 0.427 e. The number of fused-ring (bicyclic) bond motifs is 1. The zero-order chi connectivity index (χ0) is 24.7. The van der Waals surface area contributed by atoms with Gasteiger partial charge >= 0.3 is 12.4 Å². The van der Waals surface area contributed by atoms with Crippen LogP contribution in [0, 0.1) is 0 Å². The minimum atomic E-state index is -4.72. The lowest BCUT2D eigenvalue weighted by molar-refractivity contribution is -0.193. The lowest BCUT2D eigenvalue weighted by Gasteiger charge is -2.37. The molecule has 3 aromatic carbocycles. The quantitative estimate of drug-likeness (QED) is 0.336. The topological polar surface area (TPSA) is 21.7 Å². The molecule has 0 aliphatic carbocycles. The van der Waals surface area contributed by atoms with Gasteiger partial charge in [0.1, 0.15) is 17.2 Å². The Hall–Kier alpha value is -3.07. The summed E-state index contributed by atoms with van der Waals surface area (Å²) in [7, 11) is 0. The fraction of sp³-hybridized carbons (Fsp3) is 0.250. The first kappa shape index (κ1) is 24.1. The van der Waals surface area contributed by atoms with Crippen molar-refractivity contribution < 1.29 is 35.8 Å². The van der Waals surface area contributed by atoms with E-state index in [2.05, 4.69) is 0 Å². The van der Waals surface area contributed by atoms with Crippen LogP contribution in [0.25, 0.3) is 0 Å². The summed E-state index contributed by atoms with van der Waals surface area (Å²) in [5.41, 5.74) is -0.0383. The molecule has 0 spiro atoms. The Morgan fingerprint density at radius 3 is 2.38 bits per heavy atom. The number of nitrogens with zero attached hydrogens (tertiary/aromatic N) is 1. The van der Waals surface area contributed by atoms with E-state index in [0.717, 1.165) is 22.6 Å². The van der Waals surface area contributed by atoms with Gasteiger partial charge in [0.05, 0.1) is 17.8 Å². The van der Waals surface area contributed by atoms with Crippen LogP contribution in [0.1, 0.15) is 18.1 Å². The summed E-state index contributed by atoms with van der Waals surface area (Å²) in [4.78, 5) is 1.15. The molecule has 0 bridgehead atoms. The van der Waals surface area contributed by atoms with Gasteiger partial charge in [0.2, 0.25) is 6.10 Å². The van der Waals surface area contributed by atoms with Gasteiger partial charge in [-0.3, -0.25) is 0 Å². The number of halogens is 7. The first-order valence-corrected chi connectivity index (χ1v) is 10.6. The maximum Gasteiger partial charge on any atom is 0.427 e. The first-order chi connectivity index (χ1) is 16.0. The Balaban J connectivity index is 1.73. The molecule has 180 valence electrons. The molecule has 0 fully saturated rings. The molecule has 1 atom stereocenters. The van der Waals surface area contributed by atoms with Gasteiger partial charge in [-0.1, -0.05) is 24.6 Å². The molecular formula is C24H18ClF6NO2. The average Bonchev–Trinajstić information content (AvgIpc) is 2.78. The molecule has 1 heterocycles. The second-order valence-electron chi connectivity index (χ2n) is 7.65. The van der Waals surface area contributed by atoms with E-state index >= 15 is 0 Å². The molecule has 0 radical (unpaired) electrons. The number of hydrogen-bond acceptors (Lipinski definition) is 3. The minimum Gasteiger partial charge on any atom is -0.477 e. The lowest BCUT2D eigenvalue weighted by Crippen LogP contribution is -2.46. The summed E-state index contributed by atoms with van der Waals surface area (Å²) in [6.45, 7) is 1.20. The number of aryl methyl sites for hydroxylation is 1. The molecule has 34 heavy (non-hydrogen) atoms. The van der Waals surface area contributed by atoms with E-state index in [1.54, 1.807) is 30.3 Å². The standard InChI is InChI=1S/C24H18ClF6NO2/c1-2-14-10-18(7-8-19(14)25)33-17-5-3-4-16(12-17)32-13-22(24(29,30)31)34-21-9-6-15(11-20(21)32)23(26,27)28/h3-12,22H,2,13H2,1H3/t22-/m0/s1. The summed E-state index contributed by atoms with van der Waals surface area (Å²) in [5, 5.41) is 0.576. The molecule has 4 rings (SSSR count). The van der Waals surface area contributed by atoms with Crippen molar-refractivity contribution in [3.63, 3.8) is 0 Å². The third kappa shape index (κ3) is 5.04. The molecule has 1 aliphatic rings. The molecule has 3 aromatic rings. The van der Waals surface area contributed by atoms with Crippen LogP contribution in [-0.2, 0) is 12.6 Å². The monoisotopic (exact) mass is 501 g/mol. The van der Waals surface area contributed by atoms with E-state index in [0.29, 0.717) is 29.0 Å². The summed E-state index contributed by atoms with van der Waals surface area (Å²) < 4.78 is 91.2. The fourth-order valence-corrected chi connectivity index (χ4v) is 3.86. The Bertz CT molecular complexity index is 1190. The first-order valence-electron chi connectivity index (χ1n) is 10.2. The number of ether oxygens (including phenoxy) is 2. The highest BCUT2D eigenvalue weighted by Crippen LogP contribution is 2.45. The van der Waals surface area contributed by atoms with Crippen LogP contribution in [0.2, 0.25) is 5.02 Å². The number of benzene rings is 3. The van der Waals surface area contributed by atoms with Gasteiger partial charge in [-0.2, -0.15) is 26.3 Å². The highest BCUT2D eigenvalue weighted by atomic mass is 35.5.